The van der Waals surface area contributed by atoms with Crippen LogP contribution >= 0.6 is 27.5 Å². The van der Waals surface area contributed by atoms with E-state index in [0.29, 0.717) is 10.9 Å². The Morgan fingerprint density at radius 3 is 2.64 bits per heavy atom. The number of hydrogen-bond donors (Lipinski definition) is 1. The number of alkyl halides is 3. The standard InChI is InChI=1S/C8H7BrClF2NO/c9-2-4-1-5(8(11)12)13-6(3-14)7(4)10/h1,8,14H,2-3H2. The molecule has 0 aliphatic rings. The van der Waals surface area contributed by atoms with Crippen molar-refractivity contribution in [3.8, 4) is 0 Å². The van der Waals surface area contributed by atoms with Crippen molar-refractivity contribution in [2.24, 2.45) is 0 Å². The van der Waals surface area contributed by atoms with E-state index in [2.05, 4.69) is 20.9 Å². The SMILES string of the molecule is OCc1nc(C(F)F)cc(CBr)c1Cl. The van der Waals surface area contributed by atoms with E-state index >= 15 is 0 Å². The van der Waals surface area contributed by atoms with Gasteiger partial charge in [-0.15, -0.1) is 0 Å². The second-order valence-corrected chi connectivity index (χ2v) is 3.50. The third kappa shape index (κ3) is 2.40. The molecule has 0 saturated heterocycles. The van der Waals surface area contributed by atoms with E-state index in [0.717, 1.165) is 0 Å². The van der Waals surface area contributed by atoms with Crippen molar-refractivity contribution < 1.29 is 13.9 Å². The molecule has 0 aliphatic carbocycles. The van der Waals surface area contributed by atoms with E-state index in [9.17, 15) is 8.78 Å². The van der Waals surface area contributed by atoms with Gasteiger partial charge in [0.1, 0.15) is 5.69 Å². The van der Waals surface area contributed by atoms with Gasteiger partial charge in [-0.05, 0) is 11.6 Å². The van der Waals surface area contributed by atoms with Crippen LogP contribution in [0.3, 0.4) is 0 Å². The fourth-order valence-electron chi connectivity index (χ4n) is 0.978. The minimum atomic E-state index is -2.66. The third-order valence-corrected chi connectivity index (χ3v) is 2.70. The Labute approximate surface area is 93.0 Å². The summed E-state index contributed by atoms with van der Waals surface area (Å²) in [5, 5.41) is 9.42. The fourth-order valence-corrected chi connectivity index (χ4v) is 1.81. The Morgan fingerprint density at radius 2 is 2.21 bits per heavy atom. The van der Waals surface area contributed by atoms with Crippen molar-refractivity contribution in [1.29, 1.82) is 0 Å². The van der Waals surface area contributed by atoms with Gasteiger partial charge in [0.2, 0.25) is 0 Å². The van der Waals surface area contributed by atoms with Gasteiger partial charge in [-0.3, -0.25) is 0 Å². The summed E-state index contributed by atoms with van der Waals surface area (Å²) in [7, 11) is 0. The van der Waals surface area contributed by atoms with Gasteiger partial charge in [0.25, 0.3) is 6.43 Å². The van der Waals surface area contributed by atoms with Crippen LogP contribution in [0.25, 0.3) is 0 Å². The Hall–Kier alpha value is -0.260. The lowest BCUT2D eigenvalue weighted by atomic mass is 10.2. The average molecular weight is 287 g/mol. The molecule has 78 valence electrons. The number of aliphatic hydroxyl groups excluding tert-OH is 1. The molecule has 2 nitrogen and oxygen atoms in total. The number of pyridine rings is 1. The quantitative estimate of drug-likeness (QED) is 0.866. The highest BCUT2D eigenvalue weighted by Crippen LogP contribution is 2.27. The molecule has 1 aromatic rings. The summed E-state index contributed by atoms with van der Waals surface area (Å²) < 4.78 is 24.7. The maximum absolute atomic E-state index is 12.3. The minimum absolute atomic E-state index is 0.0823. The first-order valence-corrected chi connectivity index (χ1v) is 5.23. The summed E-state index contributed by atoms with van der Waals surface area (Å²) in [5.74, 6) is 0. The predicted molar refractivity (Wildman–Crippen MR) is 52.8 cm³/mol. The average Bonchev–Trinajstić information content (AvgIpc) is 2.17. The molecular weight excluding hydrogens is 279 g/mol. The van der Waals surface area contributed by atoms with Gasteiger partial charge < -0.3 is 5.11 Å². The zero-order valence-electron chi connectivity index (χ0n) is 6.98. The fraction of sp³-hybridized carbons (Fsp3) is 0.375. The van der Waals surface area contributed by atoms with Crippen molar-refractivity contribution in [3.05, 3.63) is 28.0 Å². The van der Waals surface area contributed by atoms with E-state index < -0.39 is 13.0 Å². The van der Waals surface area contributed by atoms with Crippen LogP contribution in [0.1, 0.15) is 23.4 Å². The molecular formula is C8H7BrClF2NO. The van der Waals surface area contributed by atoms with Crippen LogP contribution in [0.4, 0.5) is 8.78 Å². The zero-order chi connectivity index (χ0) is 10.7. The molecule has 14 heavy (non-hydrogen) atoms. The lowest BCUT2D eigenvalue weighted by molar-refractivity contribution is 0.145. The molecule has 1 N–H and O–H groups in total. The number of rotatable bonds is 3. The van der Waals surface area contributed by atoms with Gasteiger partial charge in [-0.2, -0.15) is 0 Å². The molecule has 0 spiro atoms. The normalized spacial score (nSPS) is 11.0. The number of halogens is 4. The van der Waals surface area contributed by atoms with Crippen LogP contribution in [0, 0.1) is 0 Å². The highest BCUT2D eigenvalue weighted by Gasteiger charge is 2.15. The van der Waals surface area contributed by atoms with Crippen molar-refractivity contribution in [2.75, 3.05) is 0 Å². The Morgan fingerprint density at radius 1 is 1.57 bits per heavy atom. The summed E-state index contributed by atoms with van der Waals surface area (Å²) in [6, 6.07) is 1.22. The summed E-state index contributed by atoms with van der Waals surface area (Å²) in [4.78, 5) is 3.55. The minimum Gasteiger partial charge on any atom is -0.390 e. The van der Waals surface area contributed by atoms with Crippen LogP contribution in [0.5, 0.6) is 0 Å². The molecule has 0 atom stereocenters. The number of aromatic nitrogens is 1. The number of hydrogen-bond acceptors (Lipinski definition) is 2. The van der Waals surface area contributed by atoms with Crippen molar-refractivity contribution >= 4 is 27.5 Å². The summed E-state index contributed by atoms with van der Waals surface area (Å²) in [6.45, 7) is -0.445. The van der Waals surface area contributed by atoms with Crippen molar-refractivity contribution in [2.45, 2.75) is 18.4 Å². The van der Waals surface area contributed by atoms with Gasteiger partial charge in [-0.1, -0.05) is 27.5 Å². The van der Waals surface area contributed by atoms with Crippen LogP contribution in [0.2, 0.25) is 5.02 Å². The topological polar surface area (TPSA) is 33.1 Å². The van der Waals surface area contributed by atoms with Crippen LogP contribution in [-0.2, 0) is 11.9 Å². The molecule has 1 rings (SSSR count). The van der Waals surface area contributed by atoms with Crippen LogP contribution in [-0.4, -0.2) is 10.1 Å². The zero-order valence-corrected chi connectivity index (χ0v) is 9.32. The molecule has 0 unspecified atom stereocenters. The molecule has 0 amide bonds. The van der Waals surface area contributed by atoms with Gasteiger partial charge >= 0.3 is 0 Å². The first-order chi connectivity index (χ1) is 6.60. The maximum atomic E-state index is 12.3. The van der Waals surface area contributed by atoms with Gasteiger partial charge in [0.05, 0.1) is 17.3 Å². The van der Waals surface area contributed by atoms with E-state index in [1.807, 2.05) is 0 Å². The van der Waals surface area contributed by atoms with E-state index in [-0.39, 0.29) is 16.4 Å². The summed E-state index contributed by atoms with van der Waals surface area (Å²) in [5.41, 5.74) is 0.216. The van der Waals surface area contributed by atoms with Crippen LogP contribution in [0.15, 0.2) is 6.07 Å². The lowest BCUT2D eigenvalue weighted by Crippen LogP contribution is -2.00. The number of nitrogens with zero attached hydrogens (tertiary/aromatic N) is 1. The highest BCUT2D eigenvalue weighted by atomic mass is 79.9. The second-order valence-electron chi connectivity index (χ2n) is 2.56. The smallest absolute Gasteiger partial charge is 0.280 e. The first-order valence-electron chi connectivity index (χ1n) is 3.73. The number of aliphatic hydroxyl groups is 1. The van der Waals surface area contributed by atoms with Crippen molar-refractivity contribution in [1.82, 2.24) is 4.98 Å². The molecule has 0 radical (unpaired) electrons. The first kappa shape index (κ1) is 11.8. The molecule has 0 aliphatic heterocycles. The lowest BCUT2D eigenvalue weighted by Gasteiger charge is -2.08. The van der Waals surface area contributed by atoms with E-state index in [1.54, 1.807) is 0 Å². The van der Waals surface area contributed by atoms with Crippen molar-refractivity contribution in [3.63, 3.8) is 0 Å². The summed E-state index contributed by atoms with van der Waals surface area (Å²) in [6.07, 6.45) is -2.66. The molecule has 0 bridgehead atoms. The highest BCUT2D eigenvalue weighted by molar-refractivity contribution is 9.08. The van der Waals surface area contributed by atoms with Gasteiger partial charge in [-0.25, -0.2) is 13.8 Å². The van der Waals surface area contributed by atoms with Gasteiger partial charge in [0.15, 0.2) is 0 Å². The Kier molecular flexibility index (Phi) is 4.22. The molecule has 0 aromatic carbocycles. The van der Waals surface area contributed by atoms with Crippen LogP contribution < -0.4 is 0 Å². The predicted octanol–water partition coefficient (Wildman–Crippen LogP) is 3.06. The Balaban J connectivity index is 3.25. The molecule has 0 fully saturated rings. The third-order valence-electron chi connectivity index (χ3n) is 1.64. The largest absolute Gasteiger partial charge is 0.390 e. The molecule has 6 heteroatoms. The van der Waals surface area contributed by atoms with Gasteiger partial charge in [0, 0.05) is 5.33 Å². The Bertz CT molecular complexity index is 310. The molecule has 1 heterocycles. The van der Waals surface area contributed by atoms with E-state index in [1.165, 1.54) is 6.07 Å². The maximum Gasteiger partial charge on any atom is 0.280 e. The molecule has 0 saturated carbocycles. The van der Waals surface area contributed by atoms with E-state index in [4.69, 9.17) is 16.7 Å². The molecule has 1 aromatic heterocycles. The second kappa shape index (κ2) is 5.00. The summed E-state index contributed by atoms with van der Waals surface area (Å²) >= 11 is 8.90. The monoisotopic (exact) mass is 285 g/mol.